The molecule has 33 heavy (non-hydrogen) atoms. The smallest absolute Gasteiger partial charge is 0.126 e. The fourth-order valence-corrected chi connectivity index (χ4v) is 3.61. The SMILES string of the molecule is CN=C/C(=C\N)c1cnc2ccc(N(Cc3ncc[nH]3)c3cc(OC)cc(OC)c3)cc2c1. The largest absolute Gasteiger partial charge is 0.497 e. The monoisotopic (exact) mass is 442 g/mol. The Morgan fingerprint density at radius 1 is 1.06 bits per heavy atom. The highest BCUT2D eigenvalue weighted by molar-refractivity contribution is 6.10. The third kappa shape index (κ3) is 4.79. The summed E-state index contributed by atoms with van der Waals surface area (Å²) in [6, 6.07) is 14.0. The van der Waals surface area contributed by atoms with Crippen LogP contribution in [0.2, 0.25) is 0 Å². The van der Waals surface area contributed by atoms with E-state index in [4.69, 9.17) is 15.2 Å². The molecule has 0 saturated carbocycles. The van der Waals surface area contributed by atoms with E-state index in [9.17, 15) is 0 Å². The van der Waals surface area contributed by atoms with Crippen molar-refractivity contribution < 1.29 is 9.47 Å². The number of nitrogens with zero attached hydrogens (tertiary/aromatic N) is 4. The van der Waals surface area contributed by atoms with Gasteiger partial charge in [0.25, 0.3) is 0 Å². The topological polar surface area (TPSA) is 102 Å². The molecule has 168 valence electrons. The molecule has 0 amide bonds. The molecule has 0 bridgehead atoms. The first-order chi connectivity index (χ1) is 16.1. The van der Waals surface area contributed by atoms with Crippen LogP contribution in [0.1, 0.15) is 11.4 Å². The number of pyridine rings is 1. The Bertz CT molecular complexity index is 1280. The summed E-state index contributed by atoms with van der Waals surface area (Å²) in [5.41, 5.74) is 10.3. The highest BCUT2D eigenvalue weighted by atomic mass is 16.5. The summed E-state index contributed by atoms with van der Waals surface area (Å²) >= 11 is 0. The summed E-state index contributed by atoms with van der Waals surface area (Å²) in [5.74, 6) is 2.24. The van der Waals surface area contributed by atoms with Gasteiger partial charge < -0.3 is 25.1 Å². The standard InChI is InChI=1S/C25H26N6O2/c1-27-14-19(13-26)18-8-17-9-20(4-5-24(17)30-15-18)31(16-25-28-6-7-29-25)21-10-22(32-2)12-23(11-21)33-3/h4-15H,16,26H2,1-3H3,(H,28,29)/b19-13+,27-14?. The molecular formula is C25H26N6O2. The molecular weight excluding hydrogens is 416 g/mol. The molecule has 2 aromatic heterocycles. The fourth-order valence-electron chi connectivity index (χ4n) is 3.61. The van der Waals surface area contributed by atoms with Gasteiger partial charge in [0.15, 0.2) is 0 Å². The number of aromatic amines is 1. The Labute approximate surface area is 192 Å². The van der Waals surface area contributed by atoms with E-state index in [1.54, 1.807) is 39.9 Å². The van der Waals surface area contributed by atoms with E-state index in [1.807, 2.05) is 36.5 Å². The van der Waals surface area contributed by atoms with Gasteiger partial charge in [0.1, 0.15) is 17.3 Å². The van der Waals surface area contributed by atoms with Crippen LogP contribution in [0.5, 0.6) is 11.5 Å². The Balaban J connectivity index is 1.83. The lowest BCUT2D eigenvalue weighted by atomic mass is 10.1. The van der Waals surface area contributed by atoms with Crippen LogP contribution in [-0.2, 0) is 6.54 Å². The van der Waals surface area contributed by atoms with Crippen LogP contribution in [0.4, 0.5) is 11.4 Å². The van der Waals surface area contributed by atoms with E-state index < -0.39 is 0 Å². The Morgan fingerprint density at radius 2 is 1.85 bits per heavy atom. The molecule has 4 rings (SSSR count). The second-order valence-electron chi connectivity index (χ2n) is 7.30. The number of hydrogen-bond acceptors (Lipinski definition) is 7. The van der Waals surface area contributed by atoms with E-state index >= 15 is 0 Å². The number of nitrogens with one attached hydrogen (secondary N) is 1. The highest BCUT2D eigenvalue weighted by Gasteiger charge is 2.15. The maximum Gasteiger partial charge on any atom is 0.126 e. The highest BCUT2D eigenvalue weighted by Crippen LogP contribution is 2.35. The molecule has 0 unspecified atom stereocenters. The van der Waals surface area contributed by atoms with Crippen LogP contribution in [-0.4, -0.2) is 42.4 Å². The minimum Gasteiger partial charge on any atom is -0.497 e. The number of methoxy groups -OCH3 is 2. The van der Waals surface area contributed by atoms with Crippen molar-refractivity contribution in [1.29, 1.82) is 0 Å². The van der Waals surface area contributed by atoms with Gasteiger partial charge in [-0.25, -0.2) is 4.98 Å². The molecule has 8 heteroatoms. The first kappa shape index (κ1) is 21.9. The molecule has 0 aliphatic rings. The number of rotatable bonds is 8. The number of anilines is 2. The molecule has 0 saturated heterocycles. The molecule has 4 aromatic rings. The van der Waals surface area contributed by atoms with Gasteiger partial charge in [-0.3, -0.25) is 9.98 Å². The molecule has 3 N–H and O–H groups in total. The lowest BCUT2D eigenvalue weighted by Crippen LogP contribution is -2.17. The van der Waals surface area contributed by atoms with Crippen LogP contribution in [0.3, 0.4) is 0 Å². The molecule has 0 radical (unpaired) electrons. The van der Waals surface area contributed by atoms with Crippen molar-refractivity contribution in [2.24, 2.45) is 10.7 Å². The van der Waals surface area contributed by atoms with Crippen molar-refractivity contribution in [3.8, 4) is 11.5 Å². The third-order valence-electron chi connectivity index (χ3n) is 5.27. The molecule has 2 heterocycles. The first-order valence-corrected chi connectivity index (χ1v) is 10.4. The molecule has 0 aliphatic heterocycles. The van der Waals surface area contributed by atoms with Crippen LogP contribution in [0, 0.1) is 0 Å². The second-order valence-corrected chi connectivity index (χ2v) is 7.30. The number of aromatic nitrogens is 3. The van der Waals surface area contributed by atoms with Gasteiger partial charge in [-0.05, 0) is 24.3 Å². The van der Waals surface area contributed by atoms with Crippen LogP contribution < -0.4 is 20.1 Å². The molecule has 0 fully saturated rings. The summed E-state index contributed by atoms with van der Waals surface area (Å²) < 4.78 is 11.0. The van der Waals surface area contributed by atoms with E-state index in [0.717, 1.165) is 39.2 Å². The van der Waals surface area contributed by atoms with Gasteiger partial charge in [0, 0.05) is 84.1 Å². The van der Waals surface area contributed by atoms with Crippen molar-refractivity contribution >= 4 is 34.1 Å². The van der Waals surface area contributed by atoms with Gasteiger partial charge >= 0.3 is 0 Å². The molecule has 0 atom stereocenters. The predicted octanol–water partition coefficient (Wildman–Crippen LogP) is 4.31. The van der Waals surface area contributed by atoms with Gasteiger partial charge in [-0.2, -0.15) is 0 Å². The number of imidazole rings is 1. The van der Waals surface area contributed by atoms with E-state index in [1.165, 1.54) is 6.20 Å². The predicted molar refractivity (Wildman–Crippen MR) is 132 cm³/mol. The fraction of sp³-hybridized carbons (Fsp3) is 0.160. The maximum absolute atomic E-state index is 5.80. The summed E-state index contributed by atoms with van der Waals surface area (Å²) in [6.07, 6.45) is 8.61. The minimum atomic E-state index is 0.526. The first-order valence-electron chi connectivity index (χ1n) is 10.4. The quantitative estimate of drug-likeness (QED) is 0.394. The van der Waals surface area contributed by atoms with Gasteiger partial charge in [0.2, 0.25) is 0 Å². The van der Waals surface area contributed by atoms with Crippen LogP contribution in [0.25, 0.3) is 16.5 Å². The van der Waals surface area contributed by atoms with Crippen molar-refractivity contribution in [2.45, 2.75) is 6.54 Å². The Hall–Kier alpha value is -4.33. The number of ether oxygens (including phenoxy) is 2. The lowest BCUT2D eigenvalue weighted by molar-refractivity contribution is 0.394. The normalized spacial score (nSPS) is 11.8. The van der Waals surface area contributed by atoms with Gasteiger partial charge in [0.05, 0.1) is 26.3 Å². The third-order valence-corrected chi connectivity index (χ3v) is 5.27. The number of fused-ring (bicyclic) bond motifs is 1. The number of H-pyrrole nitrogens is 1. The summed E-state index contributed by atoms with van der Waals surface area (Å²) in [6.45, 7) is 0.526. The van der Waals surface area contributed by atoms with Crippen molar-refractivity contribution in [3.63, 3.8) is 0 Å². The van der Waals surface area contributed by atoms with Gasteiger partial charge in [-0.1, -0.05) is 0 Å². The Kier molecular flexibility index (Phi) is 6.54. The lowest BCUT2D eigenvalue weighted by Gasteiger charge is -2.25. The van der Waals surface area contributed by atoms with Crippen molar-refractivity contribution in [2.75, 3.05) is 26.2 Å². The zero-order valence-corrected chi connectivity index (χ0v) is 18.8. The molecule has 8 nitrogen and oxygen atoms in total. The zero-order valence-electron chi connectivity index (χ0n) is 18.8. The summed E-state index contributed by atoms with van der Waals surface area (Å²) in [5, 5.41) is 0.980. The number of aliphatic imine (C=N–C) groups is 1. The Morgan fingerprint density at radius 3 is 2.48 bits per heavy atom. The number of nitrogens with two attached hydrogens (primary N) is 1. The van der Waals surface area contributed by atoms with E-state index in [0.29, 0.717) is 18.0 Å². The van der Waals surface area contributed by atoms with E-state index in [-0.39, 0.29) is 0 Å². The van der Waals surface area contributed by atoms with Crippen molar-refractivity contribution in [3.05, 3.63) is 78.6 Å². The van der Waals surface area contributed by atoms with Crippen LogP contribution >= 0.6 is 0 Å². The molecule has 2 aromatic carbocycles. The molecule has 0 spiro atoms. The average Bonchev–Trinajstić information content (AvgIpc) is 3.38. The second kappa shape index (κ2) is 9.86. The number of benzene rings is 2. The number of hydrogen-bond donors (Lipinski definition) is 2. The maximum atomic E-state index is 5.80. The average molecular weight is 443 g/mol. The van der Waals surface area contributed by atoms with E-state index in [2.05, 4.69) is 37.0 Å². The van der Waals surface area contributed by atoms with Crippen LogP contribution in [0.15, 0.2) is 72.2 Å². The number of allylic oxidation sites excluding steroid dienone is 1. The van der Waals surface area contributed by atoms with Gasteiger partial charge in [-0.15, -0.1) is 0 Å². The zero-order chi connectivity index (χ0) is 23.2. The van der Waals surface area contributed by atoms with Crippen molar-refractivity contribution in [1.82, 2.24) is 15.0 Å². The summed E-state index contributed by atoms with van der Waals surface area (Å²) in [4.78, 5) is 18.4. The summed E-state index contributed by atoms with van der Waals surface area (Å²) in [7, 11) is 4.99. The minimum absolute atomic E-state index is 0.526. The molecule has 0 aliphatic carbocycles.